The molecule has 1 aromatic heterocycles. The maximum absolute atomic E-state index is 12.5. The molecule has 0 unspecified atom stereocenters. The quantitative estimate of drug-likeness (QED) is 0.788. The van der Waals surface area contributed by atoms with Crippen molar-refractivity contribution >= 4 is 16.7 Å². The first-order valence-electron chi connectivity index (χ1n) is 7.68. The van der Waals surface area contributed by atoms with Crippen LogP contribution in [0.25, 0.3) is 10.8 Å². The summed E-state index contributed by atoms with van der Waals surface area (Å²) in [5, 5.41) is 3.96. The van der Waals surface area contributed by atoms with Crippen molar-refractivity contribution in [2.24, 2.45) is 7.05 Å². The molecule has 0 radical (unpaired) electrons. The number of aryl methyl sites for hydroxylation is 1. The fourth-order valence-corrected chi connectivity index (χ4v) is 2.41. The highest BCUT2D eigenvalue weighted by Crippen LogP contribution is 2.15. The third kappa shape index (κ3) is 3.97. The van der Waals surface area contributed by atoms with Crippen molar-refractivity contribution in [2.75, 3.05) is 19.8 Å². The van der Waals surface area contributed by atoms with Crippen molar-refractivity contribution in [1.29, 1.82) is 0 Å². The van der Waals surface area contributed by atoms with Crippen molar-refractivity contribution in [3.8, 4) is 0 Å². The molecule has 0 saturated heterocycles. The van der Waals surface area contributed by atoms with E-state index in [0.717, 1.165) is 0 Å². The molecule has 0 aliphatic rings. The number of hydrogen-bond acceptors (Lipinski definition) is 4. The molecule has 0 aliphatic carbocycles. The Morgan fingerprint density at radius 3 is 2.39 bits per heavy atom. The van der Waals surface area contributed by atoms with E-state index in [4.69, 9.17) is 9.47 Å². The molecule has 23 heavy (non-hydrogen) atoms. The van der Waals surface area contributed by atoms with Gasteiger partial charge in [-0.3, -0.25) is 9.59 Å². The fraction of sp³-hybridized carbons (Fsp3) is 0.412. The predicted molar refractivity (Wildman–Crippen MR) is 88.6 cm³/mol. The standard InChI is InChI=1S/C17H22N2O4/c1-4-22-15(23-5-2)10-18-16(20)14-11-19(3)17(21)13-9-7-6-8-12(13)14/h6-9,11,15H,4-5,10H2,1-3H3,(H,18,20). The number of ether oxygens (including phenoxy) is 2. The summed E-state index contributed by atoms with van der Waals surface area (Å²) < 4.78 is 12.2. The highest BCUT2D eigenvalue weighted by Gasteiger charge is 2.15. The van der Waals surface area contributed by atoms with Crippen LogP contribution in [0.5, 0.6) is 0 Å². The van der Waals surface area contributed by atoms with E-state index in [9.17, 15) is 9.59 Å². The van der Waals surface area contributed by atoms with E-state index < -0.39 is 6.29 Å². The van der Waals surface area contributed by atoms with Crippen LogP contribution in [-0.4, -0.2) is 36.5 Å². The highest BCUT2D eigenvalue weighted by molar-refractivity contribution is 6.06. The predicted octanol–water partition coefficient (Wildman–Crippen LogP) is 1.67. The minimum absolute atomic E-state index is 0.126. The lowest BCUT2D eigenvalue weighted by Gasteiger charge is -2.18. The van der Waals surface area contributed by atoms with Gasteiger partial charge in [0.25, 0.3) is 11.5 Å². The molecule has 0 bridgehead atoms. The number of rotatable bonds is 7. The second kappa shape index (κ2) is 7.89. The zero-order chi connectivity index (χ0) is 16.8. The van der Waals surface area contributed by atoms with Gasteiger partial charge in [0.1, 0.15) is 0 Å². The summed E-state index contributed by atoms with van der Waals surface area (Å²) in [5.74, 6) is -0.263. The first kappa shape index (κ1) is 17.2. The van der Waals surface area contributed by atoms with E-state index in [-0.39, 0.29) is 18.0 Å². The second-order valence-corrected chi connectivity index (χ2v) is 5.05. The number of fused-ring (bicyclic) bond motifs is 1. The van der Waals surface area contributed by atoms with Crippen LogP contribution in [0, 0.1) is 0 Å². The molecule has 1 N–H and O–H groups in total. The van der Waals surface area contributed by atoms with Crippen LogP contribution in [-0.2, 0) is 16.5 Å². The van der Waals surface area contributed by atoms with Crippen molar-refractivity contribution < 1.29 is 14.3 Å². The Balaban J connectivity index is 2.24. The van der Waals surface area contributed by atoms with Gasteiger partial charge in [0.05, 0.1) is 12.1 Å². The molecule has 0 spiro atoms. The maximum atomic E-state index is 12.5. The molecule has 0 atom stereocenters. The van der Waals surface area contributed by atoms with Crippen LogP contribution in [0.2, 0.25) is 0 Å². The van der Waals surface area contributed by atoms with E-state index in [2.05, 4.69) is 5.32 Å². The normalized spacial score (nSPS) is 11.1. The van der Waals surface area contributed by atoms with Gasteiger partial charge >= 0.3 is 0 Å². The Labute approximate surface area is 135 Å². The molecule has 1 heterocycles. The van der Waals surface area contributed by atoms with E-state index >= 15 is 0 Å². The number of carbonyl (C=O) groups is 1. The Kier molecular flexibility index (Phi) is 5.90. The number of pyridine rings is 1. The highest BCUT2D eigenvalue weighted by atomic mass is 16.7. The van der Waals surface area contributed by atoms with E-state index in [0.29, 0.717) is 29.5 Å². The summed E-state index contributed by atoms with van der Waals surface area (Å²) in [6.45, 7) is 4.99. The summed E-state index contributed by atoms with van der Waals surface area (Å²) in [6, 6.07) is 7.08. The van der Waals surface area contributed by atoms with E-state index in [1.165, 1.54) is 4.57 Å². The minimum Gasteiger partial charge on any atom is -0.351 e. The van der Waals surface area contributed by atoms with Gasteiger partial charge in [0, 0.05) is 37.2 Å². The summed E-state index contributed by atoms with van der Waals surface area (Å²) in [5.41, 5.74) is 0.327. The summed E-state index contributed by atoms with van der Waals surface area (Å²) in [7, 11) is 1.63. The number of nitrogens with one attached hydrogen (secondary N) is 1. The topological polar surface area (TPSA) is 69.6 Å². The van der Waals surface area contributed by atoms with Gasteiger partial charge < -0.3 is 19.4 Å². The van der Waals surface area contributed by atoms with E-state index in [1.54, 1.807) is 31.4 Å². The van der Waals surface area contributed by atoms with Crippen LogP contribution in [0.1, 0.15) is 24.2 Å². The Bertz CT molecular complexity index is 733. The first-order chi connectivity index (χ1) is 11.1. The minimum atomic E-state index is -0.479. The van der Waals surface area contributed by atoms with Gasteiger partial charge in [-0.2, -0.15) is 0 Å². The molecular weight excluding hydrogens is 296 g/mol. The first-order valence-corrected chi connectivity index (χ1v) is 7.68. The molecule has 0 aliphatic heterocycles. The average molecular weight is 318 g/mol. The number of benzene rings is 1. The molecule has 2 aromatic rings. The van der Waals surface area contributed by atoms with Crippen molar-refractivity contribution in [2.45, 2.75) is 20.1 Å². The fourth-order valence-electron chi connectivity index (χ4n) is 2.41. The lowest BCUT2D eigenvalue weighted by Crippen LogP contribution is -2.36. The number of hydrogen-bond donors (Lipinski definition) is 1. The zero-order valence-electron chi connectivity index (χ0n) is 13.7. The van der Waals surface area contributed by atoms with Crippen molar-refractivity contribution in [1.82, 2.24) is 9.88 Å². The molecule has 6 heteroatoms. The summed E-state index contributed by atoms with van der Waals surface area (Å²) >= 11 is 0. The maximum Gasteiger partial charge on any atom is 0.258 e. The Morgan fingerprint density at radius 1 is 1.17 bits per heavy atom. The number of carbonyl (C=O) groups excluding carboxylic acids is 1. The van der Waals surface area contributed by atoms with Gasteiger partial charge in [-0.1, -0.05) is 18.2 Å². The van der Waals surface area contributed by atoms with Crippen molar-refractivity contribution in [3.63, 3.8) is 0 Å². The summed E-state index contributed by atoms with van der Waals surface area (Å²) in [6.07, 6.45) is 1.07. The number of amides is 1. The monoisotopic (exact) mass is 318 g/mol. The molecule has 0 fully saturated rings. The van der Waals surface area contributed by atoms with Crippen molar-refractivity contribution in [3.05, 3.63) is 46.4 Å². The number of aromatic nitrogens is 1. The lowest BCUT2D eigenvalue weighted by molar-refractivity contribution is -0.131. The van der Waals surface area contributed by atoms with Gasteiger partial charge in [0.15, 0.2) is 6.29 Å². The van der Waals surface area contributed by atoms with Crippen LogP contribution in [0.15, 0.2) is 35.3 Å². The smallest absolute Gasteiger partial charge is 0.258 e. The Morgan fingerprint density at radius 2 is 1.78 bits per heavy atom. The Hall–Kier alpha value is -2.18. The van der Waals surface area contributed by atoms with Crippen LogP contribution in [0.3, 0.4) is 0 Å². The molecular formula is C17H22N2O4. The second-order valence-electron chi connectivity index (χ2n) is 5.05. The van der Waals surface area contributed by atoms with Gasteiger partial charge in [-0.15, -0.1) is 0 Å². The average Bonchev–Trinajstić information content (AvgIpc) is 2.56. The molecule has 1 aromatic carbocycles. The molecule has 0 saturated carbocycles. The largest absolute Gasteiger partial charge is 0.351 e. The molecule has 2 rings (SSSR count). The molecule has 124 valence electrons. The SMILES string of the molecule is CCOC(CNC(=O)c1cn(C)c(=O)c2ccccc12)OCC. The van der Waals surface area contributed by atoms with Gasteiger partial charge in [-0.05, 0) is 19.9 Å². The lowest BCUT2D eigenvalue weighted by atomic mass is 10.1. The zero-order valence-corrected chi connectivity index (χ0v) is 13.7. The third-order valence-electron chi connectivity index (χ3n) is 3.47. The molecule has 6 nitrogen and oxygen atoms in total. The summed E-state index contributed by atoms with van der Waals surface area (Å²) in [4.78, 5) is 24.6. The molecule has 1 amide bonds. The van der Waals surface area contributed by atoms with E-state index in [1.807, 2.05) is 19.9 Å². The van der Waals surface area contributed by atoms with Gasteiger partial charge in [-0.25, -0.2) is 0 Å². The number of nitrogens with zero attached hydrogens (tertiary/aromatic N) is 1. The van der Waals surface area contributed by atoms with Crippen LogP contribution < -0.4 is 10.9 Å². The van der Waals surface area contributed by atoms with Gasteiger partial charge in [0.2, 0.25) is 0 Å². The third-order valence-corrected chi connectivity index (χ3v) is 3.47. The van der Waals surface area contributed by atoms with Crippen LogP contribution >= 0.6 is 0 Å². The van der Waals surface area contributed by atoms with Crippen LogP contribution in [0.4, 0.5) is 0 Å².